The predicted octanol–water partition coefficient (Wildman–Crippen LogP) is 11.5. The van der Waals surface area contributed by atoms with E-state index in [2.05, 4.69) is 153 Å². The Balaban J connectivity index is 1.07. The van der Waals surface area contributed by atoms with E-state index in [-0.39, 0.29) is 22.8 Å². The van der Waals surface area contributed by atoms with Crippen molar-refractivity contribution in [3.63, 3.8) is 0 Å². The molecule has 2 aliphatic heterocycles. The Labute approximate surface area is 333 Å². The maximum atomic E-state index is 5.27. The van der Waals surface area contributed by atoms with E-state index in [0.29, 0.717) is 11.7 Å². The lowest BCUT2D eigenvalue weighted by atomic mass is 9.63. The van der Waals surface area contributed by atoms with Gasteiger partial charge in [-0.25, -0.2) is 15.0 Å². The van der Waals surface area contributed by atoms with Gasteiger partial charge in [0, 0.05) is 34.2 Å². The number of rotatable bonds is 4. The van der Waals surface area contributed by atoms with Crippen molar-refractivity contribution < 1.29 is 0 Å². The number of aliphatic imine (C=N–C) groups is 3. The third kappa shape index (κ3) is 5.53. The molecule has 57 heavy (non-hydrogen) atoms. The van der Waals surface area contributed by atoms with Crippen molar-refractivity contribution in [1.82, 2.24) is 14.9 Å². The summed E-state index contributed by atoms with van der Waals surface area (Å²) in [6.45, 7) is 9.66. The Morgan fingerprint density at radius 1 is 0.702 bits per heavy atom. The van der Waals surface area contributed by atoms with Crippen LogP contribution in [0.3, 0.4) is 0 Å². The van der Waals surface area contributed by atoms with Gasteiger partial charge in [0.15, 0.2) is 11.7 Å². The highest BCUT2D eigenvalue weighted by Crippen LogP contribution is 2.49. The standard InChI is InChI=1S/C51H44N6/c1-50(2)23-24-51(3,4)41-30-44-39(29-40(41)50)38-27-34-14-8-9-15-35(34)28-43(38)57(44)37-18-10-16-36(26-37)48-54-47(33-12-6-5-7-13-33)55-49(56-48)42-22-21-32-20-19-31-17-11-25-52-45(31)46(32)53-42/h5-22,25-31,45,48H,23-24H2,1-4H3,(H,54,55,56). The van der Waals surface area contributed by atoms with E-state index in [1.54, 1.807) is 0 Å². The van der Waals surface area contributed by atoms with Crippen LogP contribution in [0.1, 0.15) is 91.9 Å². The van der Waals surface area contributed by atoms with E-state index in [0.717, 1.165) is 33.8 Å². The summed E-state index contributed by atoms with van der Waals surface area (Å²) in [4.78, 5) is 20.4. The van der Waals surface area contributed by atoms with Crippen LogP contribution < -0.4 is 5.32 Å². The number of nitrogens with one attached hydrogen (secondary N) is 1. The molecule has 3 atom stereocenters. The van der Waals surface area contributed by atoms with Crippen LogP contribution in [-0.2, 0) is 10.8 Å². The van der Waals surface area contributed by atoms with Crippen LogP contribution in [0.4, 0.5) is 0 Å². The summed E-state index contributed by atoms with van der Waals surface area (Å²) in [5.74, 6) is 1.57. The number of fused-ring (bicyclic) bond motifs is 8. The molecule has 4 aliphatic rings. The molecule has 6 heteroatoms. The van der Waals surface area contributed by atoms with Crippen molar-refractivity contribution in [1.29, 1.82) is 0 Å². The van der Waals surface area contributed by atoms with Gasteiger partial charge < -0.3 is 9.88 Å². The second-order valence-electron chi connectivity index (χ2n) is 17.4. The van der Waals surface area contributed by atoms with Crippen LogP contribution >= 0.6 is 0 Å². The molecule has 0 bridgehead atoms. The zero-order chi connectivity index (χ0) is 38.5. The minimum Gasteiger partial charge on any atom is -0.343 e. The quantitative estimate of drug-likeness (QED) is 0.195. The largest absolute Gasteiger partial charge is 0.343 e. The summed E-state index contributed by atoms with van der Waals surface area (Å²) in [6, 6.07) is 41.8. The molecule has 2 aromatic heterocycles. The van der Waals surface area contributed by atoms with Crippen LogP contribution in [0.25, 0.3) is 44.3 Å². The first-order valence-corrected chi connectivity index (χ1v) is 20.2. The van der Waals surface area contributed by atoms with Gasteiger partial charge in [0.2, 0.25) is 0 Å². The van der Waals surface area contributed by atoms with Gasteiger partial charge in [-0.2, -0.15) is 0 Å². The molecule has 4 heterocycles. The van der Waals surface area contributed by atoms with Gasteiger partial charge in [-0.05, 0) is 105 Å². The lowest BCUT2D eigenvalue weighted by molar-refractivity contribution is 0.332. The predicted molar refractivity (Wildman–Crippen MR) is 236 cm³/mol. The highest BCUT2D eigenvalue weighted by Gasteiger charge is 2.38. The number of amidine groups is 2. The van der Waals surface area contributed by atoms with Crippen molar-refractivity contribution in [2.75, 3.05) is 0 Å². The molecule has 0 saturated carbocycles. The van der Waals surface area contributed by atoms with Crippen molar-refractivity contribution in [2.24, 2.45) is 20.9 Å². The van der Waals surface area contributed by atoms with Crippen LogP contribution in [0.15, 0.2) is 148 Å². The molecule has 0 spiro atoms. The Bertz CT molecular complexity index is 2960. The Kier molecular flexibility index (Phi) is 7.47. The van der Waals surface area contributed by atoms with E-state index in [1.165, 1.54) is 56.5 Å². The summed E-state index contributed by atoms with van der Waals surface area (Å²) < 4.78 is 2.48. The molecule has 1 N–H and O–H groups in total. The summed E-state index contributed by atoms with van der Waals surface area (Å²) in [7, 11) is 0. The molecule has 0 radical (unpaired) electrons. The third-order valence-corrected chi connectivity index (χ3v) is 12.8. The molecule has 0 amide bonds. The molecule has 3 unspecified atom stereocenters. The Morgan fingerprint density at radius 2 is 1.44 bits per heavy atom. The van der Waals surface area contributed by atoms with Crippen molar-refractivity contribution >= 4 is 56.5 Å². The molecule has 7 aromatic rings. The van der Waals surface area contributed by atoms with Gasteiger partial charge in [-0.15, -0.1) is 0 Å². The topological polar surface area (TPSA) is 66.9 Å². The molecule has 0 fully saturated rings. The Morgan fingerprint density at radius 3 is 2.26 bits per heavy atom. The number of pyridine rings is 1. The first kappa shape index (κ1) is 33.9. The fourth-order valence-corrected chi connectivity index (χ4v) is 9.50. The van der Waals surface area contributed by atoms with Gasteiger partial charge in [0.25, 0.3) is 0 Å². The maximum absolute atomic E-state index is 5.27. The smallest absolute Gasteiger partial charge is 0.159 e. The van der Waals surface area contributed by atoms with Crippen molar-refractivity contribution in [3.8, 4) is 5.69 Å². The highest BCUT2D eigenvalue weighted by molar-refractivity contribution is 6.14. The van der Waals surface area contributed by atoms with Gasteiger partial charge >= 0.3 is 0 Å². The molecule has 6 nitrogen and oxygen atoms in total. The number of hydrogen-bond acceptors (Lipinski definition) is 5. The number of benzene rings is 5. The number of aromatic nitrogens is 2. The molecule has 5 aromatic carbocycles. The molecule has 278 valence electrons. The molecule has 2 aliphatic carbocycles. The second-order valence-corrected chi connectivity index (χ2v) is 17.4. The van der Waals surface area contributed by atoms with Crippen molar-refractivity contribution in [2.45, 2.75) is 63.6 Å². The second kappa shape index (κ2) is 12.6. The van der Waals surface area contributed by atoms with E-state index in [9.17, 15) is 0 Å². The number of allylic oxidation sites excluding steroid dienone is 1. The van der Waals surface area contributed by atoms with Crippen LogP contribution in [0.5, 0.6) is 0 Å². The van der Waals surface area contributed by atoms with Crippen LogP contribution in [0, 0.1) is 5.92 Å². The normalized spacial score (nSPS) is 21.4. The van der Waals surface area contributed by atoms with E-state index in [1.807, 2.05) is 30.5 Å². The third-order valence-electron chi connectivity index (χ3n) is 12.8. The molecular weight excluding hydrogens is 697 g/mol. The fraction of sp³-hybridized carbons (Fsp3) is 0.216. The average molecular weight is 741 g/mol. The van der Waals surface area contributed by atoms with Gasteiger partial charge in [0.1, 0.15) is 17.9 Å². The minimum atomic E-state index is -0.393. The number of nitrogens with zero attached hydrogens (tertiary/aromatic N) is 5. The summed E-state index contributed by atoms with van der Waals surface area (Å²) in [5, 5.41) is 8.78. The lowest BCUT2D eigenvalue weighted by Crippen LogP contribution is -2.34. The summed E-state index contributed by atoms with van der Waals surface area (Å²) >= 11 is 0. The fourth-order valence-electron chi connectivity index (χ4n) is 9.50. The number of hydrogen-bond donors (Lipinski definition) is 1. The van der Waals surface area contributed by atoms with E-state index in [4.69, 9.17) is 20.0 Å². The Hall–Kier alpha value is -6.40. The van der Waals surface area contributed by atoms with E-state index >= 15 is 0 Å². The highest BCUT2D eigenvalue weighted by atomic mass is 15.2. The first-order chi connectivity index (χ1) is 27.7. The SMILES string of the molecule is CC1(C)CCC(C)(C)c2cc3c(cc21)c1cc2ccccc2cc1n3-c1cccc(C2N=C(c3ccccc3)N=C(c3ccc4c(n3)C3N=CC=CC3C=C4)N2)c1. The zero-order valence-corrected chi connectivity index (χ0v) is 32.7. The van der Waals surface area contributed by atoms with Crippen molar-refractivity contribution in [3.05, 3.63) is 173 Å². The average Bonchev–Trinajstić information content (AvgIpc) is 3.56. The molecule has 11 rings (SSSR count). The summed E-state index contributed by atoms with van der Waals surface area (Å²) in [5.41, 5.74) is 11.5. The summed E-state index contributed by atoms with van der Waals surface area (Å²) in [6.07, 6.45) is 12.4. The lowest BCUT2D eigenvalue weighted by Gasteiger charge is -2.42. The zero-order valence-electron chi connectivity index (χ0n) is 32.7. The van der Waals surface area contributed by atoms with Crippen LogP contribution in [-0.4, -0.2) is 27.4 Å². The monoisotopic (exact) mass is 740 g/mol. The van der Waals surface area contributed by atoms with E-state index < -0.39 is 6.17 Å². The molecule has 0 saturated heterocycles. The van der Waals surface area contributed by atoms with Gasteiger partial charge in [-0.3, -0.25) is 4.99 Å². The van der Waals surface area contributed by atoms with Gasteiger partial charge in [-0.1, -0.05) is 119 Å². The first-order valence-electron chi connectivity index (χ1n) is 20.2. The van der Waals surface area contributed by atoms with Gasteiger partial charge in [0.05, 0.1) is 16.7 Å². The minimum absolute atomic E-state index is 0.0422. The maximum Gasteiger partial charge on any atom is 0.159 e. The molecular formula is C51H44N6. The number of dihydropyridines is 1. The van der Waals surface area contributed by atoms with Crippen LogP contribution in [0.2, 0.25) is 0 Å².